The lowest BCUT2D eigenvalue weighted by Crippen LogP contribution is -3.00. The van der Waals surface area contributed by atoms with E-state index < -0.39 is 7.26 Å². The van der Waals surface area contributed by atoms with Gasteiger partial charge in [0.05, 0.1) is 24.6 Å². The highest BCUT2D eigenvalue weighted by atomic mass is 35.5. The number of unbranched alkanes of at least 4 members (excludes halogenated alkanes) is 16. The molecule has 1 rings (SSSR count). The van der Waals surface area contributed by atoms with Crippen molar-refractivity contribution >= 4 is 13.3 Å². The largest absolute Gasteiger partial charge is 1.00 e. The van der Waals surface area contributed by atoms with Crippen LogP contribution in [0.5, 0.6) is 0 Å². The van der Waals surface area contributed by atoms with Crippen molar-refractivity contribution in [2.45, 2.75) is 156 Å². The van der Waals surface area contributed by atoms with Crippen molar-refractivity contribution in [1.82, 2.24) is 0 Å². The van der Waals surface area contributed by atoms with Gasteiger partial charge in [0, 0.05) is 7.26 Å². The van der Waals surface area contributed by atoms with Gasteiger partial charge in [0.25, 0.3) is 0 Å². The molecule has 222 valence electrons. The standard InChI is InChI=1S/C36H66P.ClH/c1-5-9-12-15-18-22-31-37(32-23-19-16-13-10-6-2,33-24-20-17-14-11-7-3)34-25-21-26-36-29-27-35(8-4)28-30-36;/h8,27-30H,4-7,9-26,31-34H2,1-3H3;1H/q+1;/p-1. The highest BCUT2D eigenvalue weighted by Crippen LogP contribution is 2.61. The van der Waals surface area contributed by atoms with Crippen LogP contribution in [0.1, 0.15) is 160 Å². The Morgan fingerprint density at radius 2 is 0.842 bits per heavy atom. The number of halogens is 1. The minimum Gasteiger partial charge on any atom is -1.00 e. The Kier molecular flexibility index (Phi) is 26.7. The van der Waals surface area contributed by atoms with E-state index in [0.717, 1.165) is 0 Å². The highest BCUT2D eigenvalue weighted by Gasteiger charge is 2.35. The molecule has 0 aromatic heterocycles. The molecule has 0 heterocycles. The van der Waals surface area contributed by atoms with Crippen molar-refractivity contribution in [3.8, 4) is 0 Å². The van der Waals surface area contributed by atoms with Crippen LogP contribution in [0.15, 0.2) is 30.8 Å². The van der Waals surface area contributed by atoms with E-state index in [1.165, 1.54) is 146 Å². The molecule has 0 aliphatic rings. The molecule has 1 aromatic rings. The zero-order valence-corrected chi connectivity index (χ0v) is 27.7. The molecule has 0 nitrogen and oxygen atoms in total. The zero-order valence-electron chi connectivity index (χ0n) is 26.1. The van der Waals surface area contributed by atoms with E-state index in [4.69, 9.17) is 0 Å². The van der Waals surface area contributed by atoms with E-state index in [1.807, 2.05) is 6.08 Å². The van der Waals surface area contributed by atoms with Crippen LogP contribution in [0.3, 0.4) is 0 Å². The van der Waals surface area contributed by atoms with Crippen molar-refractivity contribution < 1.29 is 12.4 Å². The second kappa shape index (κ2) is 26.9. The van der Waals surface area contributed by atoms with Crippen LogP contribution in [0, 0.1) is 0 Å². The minimum atomic E-state index is -0.810. The molecule has 0 spiro atoms. The van der Waals surface area contributed by atoms with Gasteiger partial charge in [-0.25, -0.2) is 0 Å². The van der Waals surface area contributed by atoms with Gasteiger partial charge in [-0.3, -0.25) is 0 Å². The quantitative estimate of drug-likeness (QED) is 0.0736. The van der Waals surface area contributed by atoms with E-state index >= 15 is 0 Å². The lowest BCUT2D eigenvalue weighted by molar-refractivity contribution is -0.00000814. The first-order valence-corrected chi connectivity index (χ1v) is 19.3. The van der Waals surface area contributed by atoms with Crippen molar-refractivity contribution in [2.75, 3.05) is 24.6 Å². The molecule has 0 atom stereocenters. The van der Waals surface area contributed by atoms with E-state index in [1.54, 1.807) is 24.6 Å². The minimum absolute atomic E-state index is 0. The Morgan fingerprint density at radius 1 is 0.500 bits per heavy atom. The first-order valence-electron chi connectivity index (χ1n) is 16.8. The van der Waals surface area contributed by atoms with Crippen LogP contribution < -0.4 is 12.4 Å². The van der Waals surface area contributed by atoms with Crippen molar-refractivity contribution in [3.05, 3.63) is 42.0 Å². The normalized spacial score (nSPS) is 11.4. The van der Waals surface area contributed by atoms with Crippen LogP contribution in [-0.4, -0.2) is 24.6 Å². The molecule has 0 saturated carbocycles. The lowest BCUT2D eigenvalue weighted by Gasteiger charge is -2.28. The van der Waals surface area contributed by atoms with Gasteiger partial charge in [-0.05, 0) is 68.9 Å². The molecular formula is C36H66ClP. The number of aryl methyl sites for hydroxylation is 1. The SMILES string of the molecule is C=Cc1ccc(CCCC[P+](CCCCCCCC)(CCCCCCCC)CCCCCCCC)cc1.[Cl-]. The Bertz CT molecular complexity index is 582. The van der Waals surface area contributed by atoms with Gasteiger partial charge in [-0.2, -0.15) is 0 Å². The molecule has 0 saturated heterocycles. The van der Waals surface area contributed by atoms with Crippen LogP contribution in [0.25, 0.3) is 6.08 Å². The van der Waals surface area contributed by atoms with Gasteiger partial charge in [0.15, 0.2) is 0 Å². The van der Waals surface area contributed by atoms with E-state index in [9.17, 15) is 0 Å². The van der Waals surface area contributed by atoms with Crippen molar-refractivity contribution in [1.29, 1.82) is 0 Å². The summed E-state index contributed by atoms with van der Waals surface area (Å²) in [7, 11) is -0.810. The summed E-state index contributed by atoms with van der Waals surface area (Å²) in [5.41, 5.74) is 2.75. The maximum atomic E-state index is 3.90. The van der Waals surface area contributed by atoms with Crippen LogP contribution >= 0.6 is 7.26 Å². The predicted octanol–water partition coefficient (Wildman–Crippen LogP) is 9.76. The maximum absolute atomic E-state index is 3.90. The number of rotatable bonds is 27. The monoisotopic (exact) mass is 564 g/mol. The molecule has 0 fully saturated rings. The van der Waals surface area contributed by atoms with Gasteiger partial charge in [-0.1, -0.05) is 135 Å². The zero-order chi connectivity index (χ0) is 26.9. The Labute approximate surface area is 247 Å². The van der Waals surface area contributed by atoms with Gasteiger partial charge in [-0.15, -0.1) is 0 Å². The predicted molar refractivity (Wildman–Crippen MR) is 176 cm³/mol. The summed E-state index contributed by atoms with van der Waals surface area (Å²) in [6, 6.07) is 9.11. The molecule has 0 bridgehead atoms. The smallest absolute Gasteiger partial charge is 0.0594 e. The summed E-state index contributed by atoms with van der Waals surface area (Å²) < 4.78 is 0. The Hall–Kier alpha value is -0.320. The molecule has 0 N–H and O–H groups in total. The molecule has 0 aliphatic carbocycles. The van der Waals surface area contributed by atoms with Gasteiger partial charge < -0.3 is 12.4 Å². The first kappa shape index (κ1) is 37.7. The Balaban J connectivity index is 0.0000137. The van der Waals surface area contributed by atoms with Crippen molar-refractivity contribution in [3.63, 3.8) is 0 Å². The summed E-state index contributed by atoms with van der Waals surface area (Å²) in [5, 5.41) is 0. The third-order valence-corrected chi connectivity index (χ3v) is 13.6. The second-order valence-electron chi connectivity index (χ2n) is 11.9. The topological polar surface area (TPSA) is 0 Å². The average Bonchev–Trinajstić information content (AvgIpc) is 2.92. The van der Waals surface area contributed by atoms with Gasteiger partial charge >= 0.3 is 0 Å². The van der Waals surface area contributed by atoms with Gasteiger partial charge in [0.2, 0.25) is 0 Å². The highest BCUT2D eigenvalue weighted by molar-refractivity contribution is 7.75. The van der Waals surface area contributed by atoms with E-state index in [2.05, 4.69) is 51.6 Å². The molecular weight excluding hydrogens is 499 g/mol. The number of hydrogen-bond acceptors (Lipinski definition) is 0. The molecule has 0 amide bonds. The summed E-state index contributed by atoms with van der Waals surface area (Å²) in [5.74, 6) is 0. The van der Waals surface area contributed by atoms with Crippen LogP contribution in [0.2, 0.25) is 0 Å². The maximum Gasteiger partial charge on any atom is 0.0594 e. The summed E-state index contributed by atoms with van der Waals surface area (Å²) in [6.45, 7) is 10.9. The van der Waals surface area contributed by atoms with E-state index in [0.29, 0.717) is 0 Å². The third kappa shape index (κ3) is 19.7. The summed E-state index contributed by atoms with van der Waals surface area (Å²) in [6.07, 6.45) is 38.7. The molecule has 38 heavy (non-hydrogen) atoms. The number of hydrogen-bond donors (Lipinski definition) is 0. The fourth-order valence-electron chi connectivity index (χ4n) is 5.95. The summed E-state index contributed by atoms with van der Waals surface area (Å²) >= 11 is 0. The lowest BCUT2D eigenvalue weighted by atomic mass is 10.1. The van der Waals surface area contributed by atoms with E-state index in [-0.39, 0.29) is 12.4 Å². The van der Waals surface area contributed by atoms with Gasteiger partial charge in [0.1, 0.15) is 0 Å². The fraction of sp³-hybridized carbons (Fsp3) is 0.778. The second-order valence-corrected chi connectivity index (χ2v) is 16.4. The molecule has 0 radical (unpaired) electrons. The number of benzene rings is 1. The average molecular weight is 565 g/mol. The molecule has 2 heteroatoms. The van der Waals surface area contributed by atoms with Crippen LogP contribution in [-0.2, 0) is 6.42 Å². The third-order valence-electron chi connectivity index (χ3n) is 8.52. The molecule has 1 aromatic carbocycles. The fourth-order valence-corrected chi connectivity index (χ4v) is 10.9. The molecule has 0 unspecified atom stereocenters. The first-order chi connectivity index (χ1) is 18.2. The molecule has 0 aliphatic heterocycles. The Morgan fingerprint density at radius 3 is 1.21 bits per heavy atom. The van der Waals surface area contributed by atoms with Crippen LogP contribution in [0.4, 0.5) is 0 Å². The summed E-state index contributed by atoms with van der Waals surface area (Å²) in [4.78, 5) is 0. The van der Waals surface area contributed by atoms with Crippen molar-refractivity contribution in [2.24, 2.45) is 0 Å².